The molecule has 2 aromatic rings. The zero-order chi connectivity index (χ0) is 22.5. The van der Waals surface area contributed by atoms with Crippen LogP contribution in [0.3, 0.4) is 0 Å². The van der Waals surface area contributed by atoms with Crippen LogP contribution in [0.15, 0.2) is 78.5 Å². The van der Waals surface area contributed by atoms with E-state index in [1.165, 1.54) is 11.1 Å². The lowest BCUT2D eigenvalue weighted by Crippen LogP contribution is -2.36. The second-order valence-corrected chi connectivity index (χ2v) is 8.76. The number of benzene rings is 2. The fraction of sp³-hybridized carbons (Fsp3) is 0.321. The second kappa shape index (κ2) is 10.0. The number of allylic oxidation sites excluding steroid dienone is 2. The van der Waals surface area contributed by atoms with Gasteiger partial charge in [-0.25, -0.2) is 0 Å². The summed E-state index contributed by atoms with van der Waals surface area (Å²) in [6.45, 7) is 12.7. The lowest BCUT2D eigenvalue weighted by Gasteiger charge is -2.39. The third-order valence-electron chi connectivity index (χ3n) is 6.45. The maximum Gasteiger partial charge on any atom is 0.172 e. The third-order valence-corrected chi connectivity index (χ3v) is 6.45. The van der Waals surface area contributed by atoms with E-state index >= 15 is 0 Å². The molecule has 2 aliphatic heterocycles. The number of fused-ring (bicyclic) bond motifs is 2. The van der Waals surface area contributed by atoms with Crippen LogP contribution < -0.4 is 4.74 Å². The Kier molecular flexibility index (Phi) is 6.91. The summed E-state index contributed by atoms with van der Waals surface area (Å²) in [5, 5.41) is 10.6. The minimum atomic E-state index is 0.211. The van der Waals surface area contributed by atoms with Crippen molar-refractivity contribution in [2.24, 2.45) is 10.9 Å². The van der Waals surface area contributed by atoms with Gasteiger partial charge in [0, 0.05) is 36.0 Å². The van der Waals surface area contributed by atoms with Crippen LogP contribution in [0.4, 0.5) is 0 Å². The highest BCUT2D eigenvalue weighted by Crippen LogP contribution is 2.52. The summed E-state index contributed by atoms with van der Waals surface area (Å²) in [4.78, 5) is 6.69. The van der Waals surface area contributed by atoms with Crippen molar-refractivity contribution in [2.45, 2.75) is 32.1 Å². The van der Waals surface area contributed by atoms with Gasteiger partial charge in [-0.2, -0.15) is 0 Å². The van der Waals surface area contributed by atoms with Crippen LogP contribution in [-0.4, -0.2) is 35.9 Å². The first-order valence-electron chi connectivity index (χ1n) is 11.4. The molecule has 0 amide bonds. The van der Waals surface area contributed by atoms with Crippen molar-refractivity contribution in [1.82, 2.24) is 4.90 Å². The highest BCUT2D eigenvalue weighted by Gasteiger charge is 2.36. The second-order valence-electron chi connectivity index (χ2n) is 8.76. The molecule has 0 aliphatic carbocycles. The first-order chi connectivity index (χ1) is 15.6. The summed E-state index contributed by atoms with van der Waals surface area (Å²) in [7, 11) is 0. The van der Waals surface area contributed by atoms with E-state index in [4.69, 9.17) is 4.74 Å². The molecule has 4 heteroatoms. The van der Waals surface area contributed by atoms with Crippen LogP contribution in [0.25, 0.3) is 0 Å². The van der Waals surface area contributed by atoms with Crippen LogP contribution in [-0.2, 0) is 6.42 Å². The van der Waals surface area contributed by atoms with E-state index in [2.05, 4.69) is 54.2 Å². The normalized spacial score (nSPS) is 19.3. The molecule has 0 spiro atoms. The first-order valence-corrected chi connectivity index (χ1v) is 11.4. The number of aromatic hydroxyl groups is 1. The summed E-state index contributed by atoms with van der Waals surface area (Å²) in [6.07, 6.45) is 10.2. The number of likely N-dealkylation sites (tertiary alicyclic amines) is 1. The number of aliphatic imine (C=N–C) groups is 1. The molecule has 2 heterocycles. The van der Waals surface area contributed by atoms with E-state index < -0.39 is 0 Å². The highest BCUT2D eigenvalue weighted by molar-refractivity contribution is 5.70. The molecule has 0 saturated carbocycles. The van der Waals surface area contributed by atoms with Crippen molar-refractivity contribution in [3.63, 3.8) is 0 Å². The topological polar surface area (TPSA) is 45.1 Å². The van der Waals surface area contributed by atoms with Gasteiger partial charge in [0.2, 0.25) is 0 Å². The Hall–Kier alpha value is -3.11. The van der Waals surface area contributed by atoms with Gasteiger partial charge >= 0.3 is 0 Å². The maximum absolute atomic E-state index is 10.6. The molecule has 0 radical (unpaired) electrons. The molecule has 32 heavy (non-hydrogen) atoms. The Morgan fingerprint density at radius 1 is 1.19 bits per heavy atom. The molecule has 1 saturated heterocycles. The van der Waals surface area contributed by atoms with E-state index in [1.807, 2.05) is 18.3 Å². The van der Waals surface area contributed by atoms with E-state index in [0.717, 1.165) is 55.8 Å². The standard InChI is InChI=1S/C28H32N2O2/c1-4-13-29-19-20(3)17-21-9-10-23-26(18-21)32-28-24(7-6-8-25(28)31)27(23)22-11-15-30(14-5-2)16-12-22/h4-10,13,18-19,22,27,31H,1-2,11-12,14-17H2,3H3/b20-19+,29-13?. The summed E-state index contributed by atoms with van der Waals surface area (Å²) >= 11 is 0. The molecule has 2 aliphatic rings. The predicted molar refractivity (Wildman–Crippen MR) is 132 cm³/mol. The fourth-order valence-corrected chi connectivity index (χ4v) is 4.97. The van der Waals surface area contributed by atoms with Gasteiger partial charge in [0.15, 0.2) is 11.5 Å². The Morgan fingerprint density at radius 2 is 2.00 bits per heavy atom. The smallest absolute Gasteiger partial charge is 0.172 e. The molecule has 1 atom stereocenters. The number of nitrogens with zero attached hydrogens (tertiary/aromatic N) is 2. The van der Waals surface area contributed by atoms with Crippen LogP contribution in [0.5, 0.6) is 17.2 Å². The van der Waals surface area contributed by atoms with Crippen LogP contribution in [0.1, 0.15) is 42.4 Å². The SMILES string of the molecule is C=CC=N/C=C(\C)Cc1ccc2c(c1)Oc1c(O)cccc1C2C1CCN(CC=C)CC1. The number of ether oxygens (including phenoxy) is 1. The highest BCUT2D eigenvalue weighted by atomic mass is 16.5. The van der Waals surface area contributed by atoms with Gasteiger partial charge in [-0.15, -0.1) is 6.58 Å². The van der Waals surface area contributed by atoms with Gasteiger partial charge in [0.1, 0.15) is 5.75 Å². The minimum Gasteiger partial charge on any atom is -0.504 e. The summed E-state index contributed by atoms with van der Waals surface area (Å²) in [5.74, 6) is 2.42. The summed E-state index contributed by atoms with van der Waals surface area (Å²) in [6, 6.07) is 12.3. The van der Waals surface area contributed by atoms with Gasteiger partial charge in [0.05, 0.1) is 0 Å². The summed E-state index contributed by atoms with van der Waals surface area (Å²) in [5.41, 5.74) is 4.65. The zero-order valence-corrected chi connectivity index (χ0v) is 18.8. The van der Waals surface area contributed by atoms with Crippen LogP contribution >= 0.6 is 0 Å². The molecule has 4 rings (SSSR count). The number of para-hydroxylation sites is 1. The van der Waals surface area contributed by atoms with Crippen molar-refractivity contribution in [2.75, 3.05) is 19.6 Å². The molecule has 2 aromatic carbocycles. The van der Waals surface area contributed by atoms with Crippen LogP contribution in [0.2, 0.25) is 0 Å². The molecular formula is C28H32N2O2. The Bertz CT molecular complexity index is 1050. The molecule has 166 valence electrons. The van der Waals surface area contributed by atoms with Gasteiger partial charge in [0.25, 0.3) is 0 Å². The molecule has 1 fully saturated rings. The monoisotopic (exact) mass is 428 g/mol. The molecular weight excluding hydrogens is 396 g/mol. The average Bonchev–Trinajstić information content (AvgIpc) is 2.79. The molecule has 4 nitrogen and oxygen atoms in total. The van der Waals surface area contributed by atoms with Crippen molar-refractivity contribution in [1.29, 1.82) is 0 Å². The largest absolute Gasteiger partial charge is 0.504 e. The van der Waals surface area contributed by atoms with Crippen molar-refractivity contribution < 1.29 is 9.84 Å². The summed E-state index contributed by atoms with van der Waals surface area (Å²) < 4.78 is 6.27. The fourth-order valence-electron chi connectivity index (χ4n) is 4.97. The van der Waals surface area contributed by atoms with Crippen LogP contribution in [0, 0.1) is 5.92 Å². The molecule has 1 unspecified atom stereocenters. The molecule has 0 aromatic heterocycles. The van der Waals surface area contributed by atoms with Crippen molar-refractivity contribution in [3.05, 3.63) is 90.2 Å². The van der Waals surface area contributed by atoms with Gasteiger partial charge in [-0.05, 0) is 62.9 Å². The third kappa shape index (κ3) is 4.71. The number of hydrogen-bond donors (Lipinski definition) is 1. The van der Waals surface area contributed by atoms with Gasteiger partial charge in [-0.1, -0.05) is 48.6 Å². The Labute approximate surface area is 191 Å². The Morgan fingerprint density at radius 3 is 2.75 bits per heavy atom. The number of phenols is 1. The van der Waals surface area contributed by atoms with Gasteiger partial charge in [-0.3, -0.25) is 9.89 Å². The molecule has 1 N–H and O–H groups in total. The average molecular weight is 429 g/mol. The molecule has 0 bridgehead atoms. The number of piperidine rings is 1. The lowest BCUT2D eigenvalue weighted by molar-refractivity contribution is 0.186. The maximum atomic E-state index is 10.6. The van der Waals surface area contributed by atoms with E-state index in [0.29, 0.717) is 11.7 Å². The van der Waals surface area contributed by atoms with E-state index in [-0.39, 0.29) is 11.7 Å². The predicted octanol–water partition coefficient (Wildman–Crippen LogP) is 6.23. The first kappa shape index (κ1) is 22.1. The van der Waals surface area contributed by atoms with E-state index in [9.17, 15) is 5.11 Å². The van der Waals surface area contributed by atoms with Gasteiger partial charge < -0.3 is 9.84 Å². The van der Waals surface area contributed by atoms with Crippen molar-refractivity contribution >= 4 is 6.21 Å². The minimum absolute atomic E-state index is 0.211. The Balaban J connectivity index is 1.64. The van der Waals surface area contributed by atoms with E-state index in [1.54, 1.807) is 18.4 Å². The quantitative estimate of drug-likeness (QED) is 0.420. The number of hydrogen-bond acceptors (Lipinski definition) is 4. The number of rotatable bonds is 7. The van der Waals surface area contributed by atoms with Crippen molar-refractivity contribution in [3.8, 4) is 17.2 Å². The zero-order valence-electron chi connectivity index (χ0n) is 18.8. The number of phenolic OH excluding ortho intramolecular Hbond substituents is 1. The lowest BCUT2D eigenvalue weighted by atomic mass is 9.74.